The fourth-order valence-electron chi connectivity index (χ4n) is 3.79. The van der Waals surface area contributed by atoms with Crippen LogP contribution in [0.3, 0.4) is 0 Å². The van der Waals surface area contributed by atoms with Crippen LogP contribution in [-0.4, -0.2) is 21.5 Å². The number of benzene rings is 2. The molecule has 0 spiro atoms. The lowest BCUT2D eigenvalue weighted by molar-refractivity contribution is -0.119. The number of fused-ring (bicyclic) bond motifs is 1. The zero-order valence-corrected chi connectivity index (χ0v) is 16.8. The smallest absolute Gasteiger partial charge is 0.262 e. The van der Waals surface area contributed by atoms with Crippen molar-refractivity contribution in [3.63, 3.8) is 0 Å². The van der Waals surface area contributed by atoms with E-state index in [4.69, 9.17) is 5.73 Å². The van der Waals surface area contributed by atoms with Crippen LogP contribution in [0.4, 0.5) is 17.6 Å². The number of nitrogens with zero attached hydrogens (tertiary/aromatic N) is 1. The van der Waals surface area contributed by atoms with Gasteiger partial charge in [-0.2, -0.15) is 0 Å². The van der Waals surface area contributed by atoms with Crippen molar-refractivity contribution in [3.05, 3.63) is 64.4 Å². The van der Waals surface area contributed by atoms with Crippen LogP contribution in [0, 0.1) is 30.2 Å². The Morgan fingerprint density at radius 1 is 1.10 bits per heavy atom. The van der Waals surface area contributed by atoms with E-state index in [0.29, 0.717) is 18.9 Å². The Morgan fingerprint density at radius 2 is 1.77 bits per heavy atom. The van der Waals surface area contributed by atoms with E-state index in [9.17, 15) is 32.3 Å². The van der Waals surface area contributed by atoms with Gasteiger partial charge in [-0.1, -0.05) is 19.8 Å². The summed E-state index contributed by atoms with van der Waals surface area (Å²) in [6.45, 7) is 3.28. The zero-order valence-electron chi connectivity index (χ0n) is 16.8. The molecule has 0 aliphatic carbocycles. The van der Waals surface area contributed by atoms with Crippen LogP contribution < -0.4 is 5.73 Å². The normalized spacial score (nSPS) is 12.3. The highest BCUT2D eigenvalue weighted by atomic mass is 19.2. The molecule has 3 aromatic rings. The lowest BCUT2D eigenvalue weighted by Crippen LogP contribution is -2.23. The third-order valence-corrected chi connectivity index (χ3v) is 5.32. The topological polar surface area (TPSA) is 85.3 Å². The summed E-state index contributed by atoms with van der Waals surface area (Å²) in [5, 5.41) is 9.47. The Kier molecular flexibility index (Phi) is 6.06. The third kappa shape index (κ3) is 3.75. The molecule has 0 bridgehead atoms. The predicted molar refractivity (Wildman–Crippen MR) is 106 cm³/mol. The van der Waals surface area contributed by atoms with E-state index in [0.717, 1.165) is 22.8 Å². The Bertz CT molecular complexity index is 1200. The van der Waals surface area contributed by atoms with Gasteiger partial charge in [-0.25, -0.2) is 17.6 Å². The summed E-state index contributed by atoms with van der Waals surface area (Å²) in [5.41, 5.74) is 5.12. The minimum Gasteiger partial charge on any atom is -0.503 e. The number of nitrogens with two attached hydrogens (primary N) is 1. The molecule has 0 aliphatic heterocycles. The van der Waals surface area contributed by atoms with Gasteiger partial charge < -0.3 is 10.8 Å². The fraction of sp³-hybridized carbons (Fsp3) is 0.273. The van der Waals surface area contributed by atoms with Crippen LogP contribution in [0.2, 0.25) is 0 Å². The highest BCUT2D eigenvalue weighted by molar-refractivity contribution is 6.05. The SMILES string of the molecule is CCCCC(C(N)=O)c1c(C)n(C(=O)c2ccc(F)c(F)c2)c2cc(F)c(O)c(F)c12. The minimum atomic E-state index is -1.34. The van der Waals surface area contributed by atoms with E-state index in [2.05, 4.69) is 0 Å². The van der Waals surface area contributed by atoms with Crippen molar-refractivity contribution >= 4 is 22.7 Å². The number of primary amides is 1. The number of carbonyl (C=O) groups excluding carboxylic acids is 2. The second kappa shape index (κ2) is 8.41. The van der Waals surface area contributed by atoms with E-state index < -0.39 is 46.8 Å². The first-order chi connectivity index (χ1) is 14.6. The molecule has 3 rings (SSSR count). The van der Waals surface area contributed by atoms with Crippen LogP contribution >= 0.6 is 0 Å². The van der Waals surface area contributed by atoms with Crippen molar-refractivity contribution in [2.24, 2.45) is 5.73 Å². The molecule has 5 nitrogen and oxygen atoms in total. The maximum absolute atomic E-state index is 15.0. The lowest BCUT2D eigenvalue weighted by Gasteiger charge is -2.15. The first kappa shape index (κ1) is 22.3. The van der Waals surface area contributed by atoms with Crippen molar-refractivity contribution in [2.45, 2.75) is 39.0 Å². The molecule has 0 radical (unpaired) electrons. The molecule has 0 fully saturated rings. The molecular weight excluding hydrogens is 416 g/mol. The second-order valence-corrected chi connectivity index (χ2v) is 7.28. The molecule has 1 atom stereocenters. The van der Waals surface area contributed by atoms with Gasteiger partial charge in [0.15, 0.2) is 29.0 Å². The van der Waals surface area contributed by atoms with Crippen LogP contribution in [-0.2, 0) is 4.79 Å². The molecule has 1 unspecified atom stereocenters. The standard InChI is InChI=1S/C22H20F4N2O3/c1-3-4-5-12(21(27)30)17-10(2)28(16-9-15(25)20(29)19(26)18(16)17)22(31)11-6-7-13(23)14(24)8-11/h6-9,12,29H,3-5H2,1-2H3,(H2,27,30). The summed E-state index contributed by atoms with van der Waals surface area (Å²) in [4.78, 5) is 25.3. The van der Waals surface area contributed by atoms with Gasteiger partial charge in [-0.05, 0) is 37.1 Å². The Hall–Kier alpha value is -3.36. The molecule has 31 heavy (non-hydrogen) atoms. The number of aromatic nitrogens is 1. The highest BCUT2D eigenvalue weighted by Gasteiger charge is 2.31. The second-order valence-electron chi connectivity index (χ2n) is 7.28. The van der Waals surface area contributed by atoms with E-state index in [1.807, 2.05) is 6.92 Å². The van der Waals surface area contributed by atoms with E-state index in [1.54, 1.807) is 0 Å². The predicted octanol–water partition coefficient (Wildman–Crippen LogP) is 4.66. The summed E-state index contributed by atoms with van der Waals surface area (Å²) < 4.78 is 57.0. The molecule has 0 aliphatic rings. The first-order valence-corrected chi connectivity index (χ1v) is 9.61. The molecule has 9 heteroatoms. The van der Waals surface area contributed by atoms with Crippen molar-refractivity contribution in [1.82, 2.24) is 4.57 Å². The molecule has 3 N–H and O–H groups in total. The number of amides is 1. The summed E-state index contributed by atoms with van der Waals surface area (Å²) in [5.74, 6) is -9.04. The Labute approximate surface area is 175 Å². The van der Waals surface area contributed by atoms with Crippen LogP contribution in [0.15, 0.2) is 24.3 Å². The van der Waals surface area contributed by atoms with Gasteiger partial charge >= 0.3 is 0 Å². The summed E-state index contributed by atoms with van der Waals surface area (Å²) in [7, 11) is 0. The van der Waals surface area contributed by atoms with Gasteiger partial charge in [0.1, 0.15) is 0 Å². The number of hydrogen-bond donors (Lipinski definition) is 2. The molecule has 0 saturated carbocycles. The lowest BCUT2D eigenvalue weighted by atomic mass is 9.90. The molecule has 164 valence electrons. The molecule has 0 saturated heterocycles. The number of carbonyl (C=O) groups is 2. The van der Waals surface area contributed by atoms with Crippen molar-refractivity contribution in [2.75, 3.05) is 0 Å². The maximum Gasteiger partial charge on any atom is 0.262 e. The molecular formula is C22H20F4N2O3. The van der Waals surface area contributed by atoms with Gasteiger partial charge in [-0.15, -0.1) is 0 Å². The number of rotatable bonds is 6. The number of phenols is 1. The molecule has 1 amide bonds. The quantitative estimate of drug-likeness (QED) is 0.551. The average molecular weight is 436 g/mol. The number of aromatic hydroxyl groups is 1. The van der Waals surface area contributed by atoms with Gasteiger partial charge in [0.2, 0.25) is 5.91 Å². The van der Waals surface area contributed by atoms with E-state index in [-0.39, 0.29) is 34.1 Å². The Balaban J connectivity index is 2.36. The van der Waals surface area contributed by atoms with Crippen LogP contribution in [0.1, 0.15) is 53.7 Å². The van der Waals surface area contributed by atoms with Crippen molar-refractivity contribution in [3.8, 4) is 5.75 Å². The van der Waals surface area contributed by atoms with Gasteiger partial charge in [-0.3, -0.25) is 14.2 Å². The average Bonchev–Trinajstić information content (AvgIpc) is 2.99. The number of hydrogen-bond acceptors (Lipinski definition) is 3. The molecule has 2 aromatic carbocycles. The molecule has 1 aromatic heterocycles. The van der Waals surface area contributed by atoms with Crippen molar-refractivity contribution in [1.29, 1.82) is 0 Å². The fourth-order valence-corrected chi connectivity index (χ4v) is 3.79. The largest absolute Gasteiger partial charge is 0.503 e. The van der Waals surface area contributed by atoms with Gasteiger partial charge in [0.05, 0.1) is 11.4 Å². The van der Waals surface area contributed by atoms with E-state index >= 15 is 0 Å². The summed E-state index contributed by atoms with van der Waals surface area (Å²) >= 11 is 0. The molecule has 1 heterocycles. The summed E-state index contributed by atoms with van der Waals surface area (Å²) in [6, 6.07) is 3.20. The summed E-state index contributed by atoms with van der Waals surface area (Å²) in [6.07, 6.45) is 1.51. The monoisotopic (exact) mass is 436 g/mol. The van der Waals surface area contributed by atoms with Crippen LogP contribution in [0.5, 0.6) is 5.75 Å². The van der Waals surface area contributed by atoms with Gasteiger partial charge in [0, 0.05) is 22.7 Å². The van der Waals surface area contributed by atoms with Crippen molar-refractivity contribution < 1.29 is 32.3 Å². The van der Waals surface area contributed by atoms with Gasteiger partial charge in [0.25, 0.3) is 5.91 Å². The minimum absolute atomic E-state index is 0.0414. The van der Waals surface area contributed by atoms with Crippen LogP contribution in [0.25, 0.3) is 10.9 Å². The first-order valence-electron chi connectivity index (χ1n) is 9.61. The zero-order chi connectivity index (χ0) is 23.0. The Morgan fingerprint density at radius 3 is 2.35 bits per heavy atom. The number of phenolic OH excluding ortho intramolecular Hbond substituents is 1. The number of unbranched alkanes of at least 4 members (excludes halogenated alkanes) is 1. The highest BCUT2D eigenvalue weighted by Crippen LogP contribution is 2.40. The maximum atomic E-state index is 15.0. The third-order valence-electron chi connectivity index (χ3n) is 5.32. The number of halogens is 4. The van der Waals surface area contributed by atoms with E-state index in [1.165, 1.54) is 6.92 Å².